The number of aliphatic carboxylic acids is 1. The number of nitrogens with zero attached hydrogens (tertiary/aromatic N) is 1. The van der Waals surface area contributed by atoms with Gasteiger partial charge in [-0.3, -0.25) is 9.59 Å². The first-order valence-electron chi connectivity index (χ1n) is 6.66. The normalized spacial score (nSPS) is 11.1. The Labute approximate surface area is 124 Å². The predicted octanol–water partition coefficient (Wildman–Crippen LogP) is 1.42. The summed E-state index contributed by atoms with van der Waals surface area (Å²) < 4.78 is 24.1. The van der Waals surface area contributed by atoms with E-state index in [1.165, 1.54) is 19.1 Å². The van der Waals surface area contributed by atoms with Crippen LogP contribution in [0.5, 0.6) is 0 Å². The summed E-state index contributed by atoms with van der Waals surface area (Å²) in [7, 11) is -3.55. The maximum atomic E-state index is 12.5. The topological polar surface area (TPSA) is 91.8 Å². The van der Waals surface area contributed by atoms with Gasteiger partial charge in [-0.25, -0.2) is 8.42 Å². The molecule has 0 aliphatic carbocycles. The Balaban J connectivity index is 3.26. The second-order valence-electron chi connectivity index (χ2n) is 4.52. The van der Waals surface area contributed by atoms with Gasteiger partial charge in [-0.2, -0.15) is 0 Å². The molecule has 0 unspecified atom stereocenters. The third-order valence-corrected chi connectivity index (χ3v) is 4.73. The number of benzene rings is 1. The first kappa shape index (κ1) is 17.2. The van der Waals surface area contributed by atoms with E-state index in [4.69, 9.17) is 5.11 Å². The molecule has 0 bridgehead atoms. The molecule has 1 amide bonds. The highest BCUT2D eigenvalue weighted by atomic mass is 32.2. The number of carboxylic acid groups (broad SMARTS) is 1. The molecule has 0 aliphatic heterocycles. The zero-order valence-corrected chi connectivity index (χ0v) is 12.9. The van der Waals surface area contributed by atoms with Crippen molar-refractivity contribution in [3.8, 4) is 0 Å². The molecule has 7 heteroatoms. The Bertz CT molecular complexity index is 624. The molecule has 0 atom stereocenters. The van der Waals surface area contributed by atoms with Crippen molar-refractivity contribution in [3.05, 3.63) is 29.8 Å². The van der Waals surface area contributed by atoms with E-state index in [-0.39, 0.29) is 22.8 Å². The van der Waals surface area contributed by atoms with Crippen LogP contribution in [-0.2, 0) is 14.6 Å². The number of carbonyl (C=O) groups is 2. The molecule has 0 saturated carbocycles. The highest BCUT2D eigenvalue weighted by Crippen LogP contribution is 2.19. The molecule has 1 N–H and O–H groups in total. The van der Waals surface area contributed by atoms with Gasteiger partial charge in [0.05, 0.1) is 16.2 Å². The molecular formula is C14H19NO5S. The van der Waals surface area contributed by atoms with E-state index < -0.39 is 28.3 Å². The number of carbonyl (C=O) groups excluding carboxylic acids is 1. The Kier molecular flexibility index (Phi) is 5.90. The van der Waals surface area contributed by atoms with Crippen LogP contribution < -0.4 is 0 Å². The van der Waals surface area contributed by atoms with Crippen LogP contribution in [0.4, 0.5) is 0 Å². The van der Waals surface area contributed by atoms with Crippen LogP contribution in [0.3, 0.4) is 0 Å². The predicted molar refractivity (Wildman–Crippen MR) is 78.0 cm³/mol. The third kappa shape index (κ3) is 4.29. The van der Waals surface area contributed by atoms with Crippen LogP contribution >= 0.6 is 0 Å². The SMILES string of the molecule is CCCN(CC(=O)O)C(=O)c1ccccc1S(=O)(=O)CC. The molecule has 116 valence electrons. The van der Waals surface area contributed by atoms with Crippen molar-refractivity contribution >= 4 is 21.7 Å². The van der Waals surface area contributed by atoms with Crippen molar-refractivity contribution < 1.29 is 23.1 Å². The van der Waals surface area contributed by atoms with Gasteiger partial charge < -0.3 is 10.0 Å². The molecule has 0 fully saturated rings. The second kappa shape index (κ2) is 7.21. The molecule has 0 saturated heterocycles. The summed E-state index contributed by atoms with van der Waals surface area (Å²) in [6.45, 7) is 3.12. The van der Waals surface area contributed by atoms with Gasteiger partial charge in [0.1, 0.15) is 6.54 Å². The van der Waals surface area contributed by atoms with E-state index in [0.29, 0.717) is 6.42 Å². The maximum Gasteiger partial charge on any atom is 0.323 e. The lowest BCUT2D eigenvalue weighted by molar-refractivity contribution is -0.137. The van der Waals surface area contributed by atoms with Gasteiger partial charge in [-0.1, -0.05) is 26.0 Å². The molecule has 0 aliphatic rings. The van der Waals surface area contributed by atoms with E-state index in [0.717, 1.165) is 4.90 Å². The molecule has 0 heterocycles. The average molecular weight is 313 g/mol. The summed E-state index contributed by atoms with van der Waals surface area (Å²) in [5, 5.41) is 8.87. The smallest absolute Gasteiger partial charge is 0.323 e. The lowest BCUT2D eigenvalue weighted by Gasteiger charge is -2.21. The van der Waals surface area contributed by atoms with Crippen LogP contribution in [0.2, 0.25) is 0 Å². The van der Waals surface area contributed by atoms with Crippen LogP contribution in [0.1, 0.15) is 30.6 Å². The largest absolute Gasteiger partial charge is 0.480 e. The van der Waals surface area contributed by atoms with Gasteiger partial charge in [0.15, 0.2) is 9.84 Å². The highest BCUT2D eigenvalue weighted by Gasteiger charge is 2.25. The molecular weight excluding hydrogens is 294 g/mol. The fourth-order valence-corrected chi connectivity index (χ4v) is 3.01. The van der Waals surface area contributed by atoms with Gasteiger partial charge in [-0.15, -0.1) is 0 Å². The molecule has 0 radical (unpaired) electrons. The third-order valence-electron chi connectivity index (χ3n) is 2.94. The van der Waals surface area contributed by atoms with Crippen molar-refractivity contribution in [1.29, 1.82) is 0 Å². The fraction of sp³-hybridized carbons (Fsp3) is 0.429. The molecule has 21 heavy (non-hydrogen) atoms. The molecule has 1 rings (SSSR count). The first-order chi connectivity index (χ1) is 9.83. The summed E-state index contributed by atoms with van der Waals surface area (Å²) in [6.07, 6.45) is 0.585. The quantitative estimate of drug-likeness (QED) is 0.822. The van der Waals surface area contributed by atoms with Crippen molar-refractivity contribution in [2.45, 2.75) is 25.2 Å². The first-order valence-corrected chi connectivity index (χ1v) is 8.31. The van der Waals surface area contributed by atoms with Gasteiger partial charge in [0.25, 0.3) is 5.91 Å². The standard InChI is InChI=1S/C14H19NO5S/c1-3-9-15(10-13(16)17)14(18)11-7-5-6-8-12(11)21(19,20)4-2/h5-8H,3-4,9-10H2,1-2H3,(H,16,17). The zero-order valence-electron chi connectivity index (χ0n) is 12.1. The van der Waals surface area contributed by atoms with Crippen molar-refractivity contribution in [2.75, 3.05) is 18.8 Å². The van der Waals surface area contributed by atoms with Crippen molar-refractivity contribution in [1.82, 2.24) is 4.90 Å². The number of carboxylic acids is 1. The Hall–Kier alpha value is -1.89. The minimum Gasteiger partial charge on any atom is -0.480 e. The Morgan fingerprint density at radius 3 is 2.33 bits per heavy atom. The van der Waals surface area contributed by atoms with Gasteiger partial charge >= 0.3 is 5.97 Å². The van der Waals surface area contributed by atoms with E-state index in [1.807, 2.05) is 6.92 Å². The minimum atomic E-state index is -3.55. The summed E-state index contributed by atoms with van der Waals surface area (Å²) in [5.74, 6) is -1.83. The van der Waals surface area contributed by atoms with Gasteiger partial charge in [-0.05, 0) is 18.6 Å². The summed E-state index contributed by atoms with van der Waals surface area (Å²) in [6, 6.07) is 5.89. The van der Waals surface area contributed by atoms with Crippen LogP contribution in [0, 0.1) is 0 Å². The maximum absolute atomic E-state index is 12.5. The van der Waals surface area contributed by atoms with E-state index in [9.17, 15) is 18.0 Å². The average Bonchev–Trinajstić information content (AvgIpc) is 2.45. The van der Waals surface area contributed by atoms with E-state index >= 15 is 0 Å². The minimum absolute atomic E-state index is 0.0223. The van der Waals surface area contributed by atoms with E-state index in [2.05, 4.69) is 0 Å². The van der Waals surface area contributed by atoms with Gasteiger partial charge in [0, 0.05) is 6.54 Å². The molecule has 6 nitrogen and oxygen atoms in total. The number of sulfone groups is 1. The lowest BCUT2D eigenvalue weighted by atomic mass is 10.2. The second-order valence-corrected chi connectivity index (χ2v) is 6.77. The van der Waals surface area contributed by atoms with Crippen LogP contribution in [0.25, 0.3) is 0 Å². The summed E-state index contributed by atoms with van der Waals surface area (Å²) in [4.78, 5) is 24.4. The molecule has 0 spiro atoms. The van der Waals surface area contributed by atoms with Gasteiger partial charge in [0.2, 0.25) is 0 Å². The number of amides is 1. The molecule has 1 aromatic carbocycles. The molecule has 1 aromatic rings. The monoisotopic (exact) mass is 313 g/mol. The van der Waals surface area contributed by atoms with Crippen molar-refractivity contribution in [3.63, 3.8) is 0 Å². The highest BCUT2D eigenvalue weighted by molar-refractivity contribution is 7.91. The lowest BCUT2D eigenvalue weighted by Crippen LogP contribution is -2.37. The Morgan fingerprint density at radius 1 is 1.19 bits per heavy atom. The fourth-order valence-electron chi connectivity index (χ4n) is 1.93. The summed E-state index contributed by atoms with van der Waals surface area (Å²) >= 11 is 0. The Morgan fingerprint density at radius 2 is 1.81 bits per heavy atom. The van der Waals surface area contributed by atoms with Crippen LogP contribution in [0.15, 0.2) is 29.2 Å². The van der Waals surface area contributed by atoms with Crippen LogP contribution in [-0.4, -0.2) is 49.1 Å². The summed E-state index contributed by atoms with van der Waals surface area (Å²) in [5.41, 5.74) is 0.0223. The van der Waals surface area contributed by atoms with Crippen molar-refractivity contribution in [2.24, 2.45) is 0 Å². The number of rotatable bonds is 7. The zero-order chi connectivity index (χ0) is 16.0. The number of hydrogen-bond donors (Lipinski definition) is 1. The number of hydrogen-bond acceptors (Lipinski definition) is 4. The molecule has 0 aromatic heterocycles. The van der Waals surface area contributed by atoms with E-state index in [1.54, 1.807) is 12.1 Å².